The van der Waals surface area contributed by atoms with Gasteiger partial charge in [0.1, 0.15) is 0 Å². The average molecular weight is 513 g/mol. The summed E-state index contributed by atoms with van der Waals surface area (Å²) in [5, 5.41) is 4.50. The number of amides is 2. The normalized spacial score (nSPS) is 44.4. The Kier molecular flexibility index (Phi) is 5.60. The maximum absolute atomic E-state index is 15.0. The Morgan fingerprint density at radius 2 is 0.806 bits per heavy atom. The van der Waals surface area contributed by atoms with Crippen LogP contribution in [0.1, 0.15) is 90.9 Å². The van der Waals surface area contributed by atoms with Crippen molar-refractivity contribution in [3.8, 4) is 0 Å². The van der Waals surface area contributed by atoms with Gasteiger partial charge in [0.05, 0.1) is 0 Å². The van der Waals surface area contributed by atoms with E-state index in [1.807, 2.05) is 0 Å². The number of nitrogens with one attached hydrogen (secondary N) is 2. The smallest absolute Gasteiger partial charge is 0.348 e. The molecule has 0 radical (unpaired) electrons. The number of hydrogen-bond donors (Lipinski definition) is 2. The number of halogens is 4. The molecule has 202 valence electrons. The van der Waals surface area contributed by atoms with Gasteiger partial charge in [0.2, 0.25) is 0 Å². The fourth-order valence-electron chi connectivity index (χ4n) is 10.6. The van der Waals surface area contributed by atoms with Crippen molar-refractivity contribution in [2.75, 3.05) is 0 Å². The van der Waals surface area contributed by atoms with E-state index in [9.17, 15) is 27.2 Å². The van der Waals surface area contributed by atoms with Gasteiger partial charge < -0.3 is 10.6 Å². The lowest BCUT2D eigenvalue weighted by molar-refractivity contribution is -0.213. The molecule has 0 aliphatic heterocycles. The molecule has 0 aromatic rings. The molecule has 0 saturated heterocycles. The number of carbonyl (C=O) groups is 2. The van der Waals surface area contributed by atoms with Gasteiger partial charge in [0.25, 0.3) is 11.8 Å². The van der Waals surface area contributed by atoms with Gasteiger partial charge in [-0.15, -0.1) is 0 Å². The van der Waals surface area contributed by atoms with Crippen LogP contribution in [0.2, 0.25) is 0 Å². The minimum atomic E-state index is -5.12. The molecule has 8 heteroatoms. The van der Waals surface area contributed by atoms with Gasteiger partial charge in [-0.25, -0.2) is 0 Å². The minimum Gasteiger partial charge on any atom is -0.348 e. The first-order valence-corrected chi connectivity index (χ1v) is 14.2. The quantitative estimate of drug-likeness (QED) is 0.430. The molecule has 2 atom stereocenters. The zero-order valence-electron chi connectivity index (χ0n) is 21.4. The van der Waals surface area contributed by atoms with Crippen LogP contribution in [-0.4, -0.2) is 35.7 Å². The summed E-state index contributed by atoms with van der Waals surface area (Å²) in [6, 6.07) is -1.26. The summed E-state index contributed by atoms with van der Waals surface area (Å²) in [5.74, 6) is -11.1. The summed E-state index contributed by atoms with van der Waals surface area (Å²) >= 11 is 0. The Morgan fingerprint density at radius 1 is 0.583 bits per heavy atom. The van der Waals surface area contributed by atoms with E-state index in [2.05, 4.69) is 10.6 Å². The molecule has 36 heavy (non-hydrogen) atoms. The summed E-state index contributed by atoms with van der Waals surface area (Å²) < 4.78 is 59.9. The van der Waals surface area contributed by atoms with Crippen LogP contribution in [0.3, 0.4) is 0 Å². The standard InChI is InChI=1S/C28H40F4N2O2/c1-15(25-9-17-3-18(10-25)5-19(4-17)11-25)33-23(35)27(29,30)28(31,32)24(36)34-16(2)26-12-20-6-21(13-26)8-22(7-20)14-26/h15-22H,3-14H2,1-2H3,(H,33,35)(H,34,36). The Balaban J connectivity index is 1.12. The van der Waals surface area contributed by atoms with Crippen molar-refractivity contribution in [1.29, 1.82) is 0 Å². The maximum Gasteiger partial charge on any atom is 0.395 e. The highest BCUT2D eigenvalue weighted by molar-refractivity contribution is 5.95. The molecule has 8 bridgehead atoms. The highest BCUT2D eigenvalue weighted by Crippen LogP contribution is 2.62. The molecule has 0 aromatic heterocycles. The molecule has 8 saturated carbocycles. The first-order valence-electron chi connectivity index (χ1n) is 14.2. The van der Waals surface area contributed by atoms with E-state index in [-0.39, 0.29) is 10.8 Å². The molecule has 8 rings (SSSR count). The summed E-state index contributed by atoms with van der Waals surface area (Å²) in [5.41, 5.74) is -0.601. The van der Waals surface area contributed by atoms with Crippen LogP contribution in [0.15, 0.2) is 0 Å². The second-order valence-electron chi connectivity index (χ2n) is 14.1. The lowest BCUT2D eigenvalue weighted by atomic mass is 9.48. The third-order valence-corrected chi connectivity index (χ3v) is 11.7. The Bertz CT molecular complexity index is 790. The van der Waals surface area contributed by atoms with Crippen LogP contribution in [0, 0.1) is 46.3 Å². The number of carbonyl (C=O) groups excluding carboxylic acids is 2. The summed E-state index contributed by atoms with van der Waals surface area (Å²) in [6.07, 6.45) is 12.0. The zero-order chi connectivity index (χ0) is 25.7. The molecule has 8 aliphatic carbocycles. The van der Waals surface area contributed by atoms with E-state index in [1.165, 1.54) is 0 Å². The largest absolute Gasteiger partial charge is 0.395 e. The van der Waals surface area contributed by atoms with Gasteiger partial charge >= 0.3 is 11.8 Å². The van der Waals surface area contributed by atoms with Gasteiger partial charge in [0.15, 0.2) is 0 Å². The van der Waals surface area contributed by atoms with Crippen LogP contribution in [-0.2, 0) is 9.59 Å². The van der Waals surface area contributed by atoms with E-state index < -0.39 is 35.7 Å². The third-order valence-electron chi connectivity index (χ3n) is 11.7. The molecule has 8 aliphatic rings. The van der Waals surface area contributed by atoms with Crippen molar-refractivity contribution in [1.82, 2.24) is 10.6 Å². The van der Waals surface area contributed by atoms with Gasteiger partial charge in [-0.3, -0.25) is 9.59 Å². The van der Waals surface area contributed by atoms with E-state index in [0.717, 1.165) is 77.0 Å². The second-order valence-corrected chi connectivity index (χ2v) is 14.1. The molecule has 2 N–H and O–H groups in total. The monoisotopic (exact) mass is 512 g/mol. The predicted molar refractivity (Wildman–Crippen MR) is 126 cm³/mol. The van der Waals surface area contributed by atoms with Crippen LogP contribution in [0.4, 0.5) is 17.6 Å². The molecular weight excluding hydrogens is 472 g/mol. The molecule has 0 heterocycles. The van der Waals surface area contributed by atoms with Crippen LogP contribution < -0.4 is 10.6 Å². The Labute approximate surface area is 211 Å². The first kappa shape index (κ1) is 25.0. The van der Waals surface area contributed by atoms with Crippen molar-refractivity contribution in [3.63, 3.8) is 0 Å². The summed E-state index contributed by atoms with van der Waals surface area (Å²) in [7, 11) is 0. The summed E-state index contributed by atoms with van der Waals surface area (Å²) in [6.45, 7) is 3.35. The number of alkyl halides is 4. The summed E-state index contributed by atoms with van der Waals surface area (Å²) in [4.78, 5) is 25.2. The zero-order valence-corrected chi connectivity index (χ0v) is 21.4. The lowest BCUT2D eigenvalue weighted by Gasteiger charge is -2.59. The fourth-order valence-corrected chi connectivity index (χ4v) is 10.6. The van der Waals surface area contributed by atoms with Crippen molar-refractivity contribution in [3.05, 3.63) is 0 Å². The van der Waals surface area contributed by atoms with E-state index >= 15 is 0 Å². The fraction of sp³-hybridized carbons (Fsp3) is 0.929. The van der Waals surface area contributed by atoms with Gasteiger partial charge in [-0.05, 0) is 137 Å². The first-order chi connectivity index (χ1) is 16.8. The van der Waals surface area contributed by atoms with Crippen LogP contribution in [0.5, 0.6) is 0 Å². The van der Waals surface area contributed by atoms with Crippen molar-refractivity contribution in [2.45, 2.75) is 115 Å². The van der Waals surface area contributed by atoms with Crippen LogP contribution in [0.25, 0.3) is 0 Å². The number of rotatable bonds is 7. The number of hydrogen-bond acceptors (Lipinski definition) is 2. The molecule has 2 unspecified atom stereocenters. The molecule has 8 fully saturated rings. The second kappa shape index (κ2) is 8.08. The Hall–Kier alpha value is -1.34. The van der Waals surface area contributed by atoms with Gasteiger partial charge in [-0.2, -0.15) is 17.6 Å². The molecule has 2 amide bonds. The molecule has 4 nitrogen and oxygen atoms in total. The van der Waals surface area contributed by atoms with Crippen molar-refractivity contribution in [2.24, 2.45) is 46.3 Å². The van der Waals surface area contributed by atoms with Gasteiger partial charge in [0, 0.05) is 12.1 Å². The molecule has 0 spiro atoms. The molecule has 0 aromatic carbocycles. The maximum atomic E-state index is 15.0. The topological polar surface area (TPSA) is 58.2 Å². The predicted octanol–water partition coefficient (Wildman–Crippen LogP) is 5.70. The minimum absolute atomic E-state index is 0.301. The van der Waals surface area contributed by atoms with E-state index in [1.54, 1.807) is 13.8 Å². The highest BCUT2D eigenvalue weighted by Gasteiger charge is 2.68. The molecular formula is C28H40F4N2O2. The van der Waals surface area contributed by atoms with Crippen LogP contribution >= 0.6 is 0 Å². The van der Waals surface area contributed by atoms with Crippen molar-refractivity contribution >= 4 is 11.8 Å². The lowest BCUT2D eigenvalue weighted by Crippen LogP contribution is -2.65. The van der Waals surface area contributed by atoms with E-state index in [4.69, 9.17) is 0 Å². The SMILES string of the molecule is CC(NC(=O)C(F)(F)C(F)(F)C(=O)NC(C)C12CC3CC(CC(C3)C1)C2)C12CC3CC(CC(C3)C1)C2. The average Bonchev–Trinajstić information content (AvgIpc) is 2.77. The van der Waals surface area contributed by atoms with Gasteiger partial charge in [-0.1, -0.05) is 0 Å². The highest BCUT2D eigenvalue weighted by atomic mass is 19.3. The van der Waals surface area contributed by atoms with Crippen molar-refractivity contribution < 1.29 is 27.2 Å². The third kappa shape index (κ3) is 3.73. The van der Waals surface area contributed by atoms with E-state index in [0.29, 0.717) is 35.5 Å². The Morgan fingerprint density at radius 3 is 1.03 bits per heavy atom.